The molecule has 182 valence electrons. The second-order valence-corrected chi connectivity index (χ2v) is 8.43. The molecule has 7 heteroatoms. The summed E-state index contributed by atoms with van der Waals surface area (Å²) in [7, 11) is 1.56. The molecule has 2 heterocycles. The van der Waals surface area contributed by atoms with Gasteiger partial charge >= 0.3 is 0 Å². The van der Waals surface area contributed by atoms with E-state index in [1.165, 1.54) is 4.90 Å². The lowest BCUT2D eigenvalue weighted by Crippen LogP contribution is -2.30. The van der Waals surface area contributed by atoms with Gasteiger partial charge in [-0.1, -0.05) is 42.5 Å². The quantitative estimate of drug-likeness (QED) is 0.327. The number of amides is 1. The number of para-hydroxylation sites is 1. The molecular formula is C29H25NO6. The Morgan fingerprint density at radius 2 is 1.78 bits per heavy atom. The van der Waals surface area contributed by atoms with Gasteiger partial charge in [0.2, 0.25) is 5.78 Å². The van der Waals surface area contributed by atoms with Crippen LogP contribution in [0.5, 0.6) is 11.5 Å². The summed E-state index contributed by atoms with van der Waals surface area (Å²) in [5, 5.41) is 11.7. The van der Waals surface area contributed by atoms with E-state index in [2.05, 4.69) is 0 Å². The number of aliphatic hydroxyl groups excluding tert-OH is 1. The molecule has 36 heavy (non-hydrogen) atoms. The minimum atomic E-state index is -0.820. The highest BCUT2D eigenvalue weighted by Crippen LogP contribution is 2.41. The van der Waals surface area contributed by atoms with Crippen LogP contribution in [-0.2, 0) is 11.3 Å². The molecule has 1 atom stereocenters. The highest BCUT2D eigenvalue weighted by Gasteiger charge is 2.44. The standard InChI is InChI=1S/C29H25NO6/c1-3-35-22-9-6-7-18(15-22)17-30-26(19-11-13-21(34-2)14-12-19)25(28(32)29(30)33)27(31)24-16-20-8-4-5-10-23(20)36-24/h4-16,26,32H,3,17H2,1-2H3. The highest BCUT2D eigenvalue weighted by molar-refractivity contribution is 6.16. The third-order valence-corrected chi connectivity index (χ3v) is 6.19. The molecule has 7 nitrogen and oxygen atoms in total. The third-order valence-electron chi connectivity index (χ3n) is 6.19. The average Bonchev–Trinajstić information content (AvgIpc) is 3.44. The number of hydrogen-bond acceptors (Lipinski definition) is 6. The molecule has 0 spiro atoms. The highest BCUT2D eigenvalue weighted by atomic mass is 16.5. The zero-order chi connectivity index (χ0) is 25.2. The first kappa shape index (κ1) is 23.2. The topological polar surface area (TPSA) is 89.2 Å². The smallest absolute Gasteiger partial charge is 0.290 e. The first-order chi connectivity index (χ1) is 17.5. The summed E-state index contributed by atoms with van der Waals surface area (Å²) in [6.45, 7) is 2.57. The van der Waals surface area contributed by atoms with Crippen molar-refractivity contribution in [2.45, 2.75) is 19.5 Å². The van der Waals surface area contributed by atoms with Gasteiger partial charge in [-0.15, -0.1) is 0 Å². The molecule has 4 aromatic rings. The molecule has 3 aromatic carbocycles. The van der Waals surface area contributed by atoms with Gasteiger partial charge < -0.3 is 23.9 Å². The summed E-state index contributed by atoms with van der Waals surface area (Å²) in [6, 6.07) is 22.5. The summed E-state index contributed by atoms with van der Waals surface area (Å²) in [5.74, 6) is -0.372. The second kappa shape index (κ2) is 9.62. The Kier molecular flexibility index (Phi) is 6.21. The first-order valence-electron chi connectivity index (χ1n) is 11.6. The van der Waals surface area contributed by atoms with Crippen molar-refractivity contribution in [1.82, 2.24) is 4.90 Å². The van der Waals surface area contributed by atoms with Crippen molar-refractivity contribution in [3.8, 4) is 11.5 Å². The van der Waals surface area contributed by atoms with Crippen LogP contribution in [0, 0.1) is 0 Å². The molecule has 5 rings (SSSR count). The van der Waals surface area contributed by atoms with Crippen molar-refractivity contribution >= 4 is 22.7 Å². The summed E-state index contributed by atoms with van der Waals surface area (Å²) in [4.78, 5) is 28.5. The predicted octanol–water partition coefficient (Wildman–Crippen LogP) is 5.62. The van der Waals surface area contributed by atoms with Gasteiger partial charge in [0.05, 0.1) is 25.3 Å². The first-order valence-corrected chi connectivity index (χ1v) is 11.6. The Morgan fingerprint density at radius 3 is 2.50 bits per heavy atom. The fraction of sp³-hybridized carbons (Fsp3) is 0.172. The van der Waals surface area contributed by atoms with Crippen LogP contribution in [0.25, 0.3) is 11.0 Å². The van der Waals surface area contributed by atoms with Gasteiger partial charge in [0.1, 0.15) is 17.1 Å². The van der Waals surface area contributed by atoms with Crippen molar-refractivity contribution in [3.05, 3.63) is 107 Å². The molecule has 0 aliphatic carbocycles. The van der Waals surface area contributed by atoms with Crippen LogP contribution < -0.4 is 9.47 Å². The molecule has 0 fully saturated rings. The summed E-state index contributed by atoms with van der Waals surface area (Å²) in [6.07, 6.45) is 0. The average molecular weight is 484 g/mol. The lowest BCUT2D eigenvalue weighted by Gasteiger charge is -2.27. The number of ketones is 1. The second-order valence-electron chi connectivity index (χ2n) is 8.43. The Labute approximate surface area is 208 Å². The molecular weight excluding hydrogens is 458 g/mol. The summed E-state index contributed by atoms with van der Waals surface area (Å²) >= 11 is 0. The van der Waals surface area contributed by atoms with Crippen molar-refractivity contribution in [2.24, 2.45) is 0 Å². The largest absolute Gasteiger partial charge is 0.503 e. The van der Waals surface area contributed by atoms with Crippen molar-refractivity contribution in [3.63, 3.8) is 0 Å². The fourth-order valence-corrected chi connectivity index (χ4v) is 4.50. The number of Topliss-reactive ketones (excluding diaryl/α,β-unsaturated/α-hetero) is 1. The van der Waals surface area contributed by atoms with E-state index in [0.717, 1.165) is 10.9 Å². The van der Waals surface area contributed by atoms with Crippen molar-refractivity contribution < 1.29 is 28.6 Å². The van der Waals surface area contributed by atoms with Crippen LogP contribution in [0.2, 0.25) is 0 Å². The molecule has 1 aromatic heterocycles. The van der Waals surface area contributed by atoms with Crippen LogP contribution >= 0.6 is 0 Å². The normalized spacial score (nSPS) is 15.6. The molecule has 1 unspecified atom stereocenters. The third kappa shape index (κ3) is 4.20. The van der Waals surface area contributed by atoms with E-state index >= 15 is 0 Å². The molecule has 0 saturated carbocycles. The number of hydrogen-bond donors (Lipinski definition) is 1. The minimum Gasteiger partial charge on any atom is -0.503 e. The van der Waals surface area contributed by atoms with Gasteiger partial charge in [0, 0.05) is 11.9 Å². The summed E-state index contributed by atoms with van der Waals surface area (Å²) in [5.41, 5.74) is 1.99. The molecule has 1 amide bonds. The zero-order valence-electron chi connectivity index (χ0n) is 19.9. The van der Waals surface area contributed by atoms with E-state index < -0.39 is 23.5 Å². The zero-order valence-corrected chi connectivity index (χ0v) is 19.9. The number of aliphatic hydroxyl groups is 1. The Balaban J connectivity index is 1.57. The Bertz CT molecular complexity index is 1430. The van der Waals surface area contributed by atoms with Gasteiger partial charge in [0.25, 0.3) is 5.91 Å². The number of furan rings is 1. The molecule has 1 aliphatic rings. The lowest BCUT2D eigenvalue weighted by atomic mass is 9.94. The SMILES string of the molecule is CCOc1cccc(CN2C(=O)C(O)=C(C(=O)c3cc4ccccc4o3)C2c2ccc(OC)cc2)c1. The van der Waals surface area contributed by atoms with Gasteiger partial charge in [-0.25, -0.2) is 0 Å². The molecule has 1 aliphatic heterocycles. The Hall–Kier alpha value is -4.52. The number of fused-ring (bicyclic) bond motifs is 1. The van der Waals surface area contributed by atoms with Crippen LogP contribution in [0.4, 0.5) is 0 Å². The molecule has 1 N–H and O–H groups in total. The molecule has 0 bridgehead atoms. The predicted molar refractivity (Wildman–Crippen MR) is 134 cm³/mol. The number of carbonyl (C=O) groups excluding carboxylic acids is 2. The molecule has 0 radical (unpaired) electrons. The fourth-order valence-electron chi connectivity index (χ4n) is 4.50. The van der Waals surface area contributed by atoms with Gasteiger partial charge in [-0.2, -0.15) is 0 Å². The maximum absolute atomic E-state index is 13.7. The number of rotatable bonds is 8. The van der Waals surface area contributed by atoms with Gasteiger partial charge in [-0.05, 0) is 54.4 Å². The monoisotopic (exact) mass is 483 g/mol. The Morgan fingerprint density at radius 1 is 1.00 bits per heavy atom. The minimum absolute atomic E-state index is 0.0230. The van der Waals surface area contributed by atoms with Crippen LogP contribution in [-0.4, -0.2) is 35.4 Å². The number of benzene rings is 3. The van der Waals surface area contributed by atoms with Crippen LogP contribution in [0.1, 0.15) is 34.6 Å². The van der Waals surface area contributed by atoms with E-state index in [9.17, 15) is 14.7 Å². The number of methoxy groups -OCH3 is 1. The van der Waals surface area contributed by atoms with E-state index in [0.29, 0.717) is 29.3 Å². The van der Waals surface area contributed by atoms with Gasteiger partial charge in [-0.3, -0.25) is 9.59 Å². The lowest BCUT2D eigenvalue weighted by molar-refractivity contribution is -0.130. The molecule has 0 saturated heterocycles. The number of ether oxygens (including phenoxy) is 2. The van der Waals surface area contributed by atoms with Crippen molar-refractivity contribution in [1.29, 1.82) is 0 Å². The maximum Gasteiger partial charge on any atom is 0.290 e. The van der Waals surface area contributed by atoms with E-state index in [1.54, 1.807) is 43.5 Å². The van der Waals surface area contributed by atoms with Crippen LogP contribution in [0.15, 0.2) is 94.6 Å². The maximum atomic E-state index is 13.7. The van der Waals surface area contributed by atoms with Crippen molar-refractivity contribution in [2.75, 3.05) is 13.7 Å². The van der Waals surface area contributed by atoms with E-state index in [1.807, 2.05) is 49.4 Å². The van der Waals surface area contributed by atoms with E-state index in [4.69, 9.17) is 13.9 Å². The number of nitrogens with zero attached hydrogens (tertiary/aromatic N) is 1. The summed E-state index contributed by atoms with van der Waals surface area (Å²) < 4.78 is 16.7. The van der Waals surface area contributed by atoms with Crippen LogP contribution in [0.3, 0.4) is 0 Å². The number of carbonyl (C=O) groups is 2. The van der Waals surface area contributed by atoms with Gasteiger partial charge in [0.15, 0.2) is 11.5 Å². The van der Waals surface area contributed by atoms with E-state index in [-0.39, 0.29) is 17.9 Å².